The number of carbonyl (C=O) groups excluding carboxylic acids is 1. The van der Waals surface area contributed by atoms with Crippen molar-refractivity contribution in [3.63, 3.8) is 0 Å². The summed E-state index contributed by atoms with van der Waals surface area (Å²) in [7, 11) is 3.27. The van der Waals surface area contributed by atoms with Gasteiger partial charge in [0.2, 0.25) is 0 Å². The molecule has 2 atom stereocenters. The fraction of sp³-hybridized carbons (Fsp3) is 0.909. The van der Waals surface area contributed by atoms with E-state index < -0.39 is 6.10 Å². The largest absolute Gasteiger partial charge is 0.469 e. The lowest BCUT2D eigenvalue weighted by Crippen LogP contribution is -2.45. The third kappa shape index (κ3) is 2.93. The number of hydrogen-bond donors (Lipinski definition) is 1. The van der Waals surface area contributed by atoms with Crippen molar-refractivity contribution < 1.29 is 19.4 Å². The third-order valence-corrected chi connectivity index (χ3v) is 3.27. The normalized spacial score (nSPS) is 26.7. The topological polar surface area (TPSA) is 59.0 Å². The summed E-state index contributed by atoms with van der Waals surface area (Å²) in [5, 5.41) is 9.97. The van der Waals surface area contributed by atoms with E-state index in [1.165, 1.54) is 7.11 Å². The molecule has 1 rings (SSSR count). The minimum absolute atomic E-state index is 0.0559. The van der Waals surface area contributed by atoms with Crippen LogP contribution in [-0.4, -0.2) is 54.6 Å². The van der Waals surface area contributed by atoms with Crippen LogP contribution in [0, 0.1) is 0 Å². The van der Waals surface area contributed by atoms with Crippen molar-refractivity contribution in [2.75, 3.05) is 20.8 Å². The molecule has 0 radical (unpaired) electrons. The van der Waals surface area contributed by atoms with Crippen molar-refractivity contribution in [3.05, 3.63) is 0 Å². The Morgan fingerprint density at radius 3 is 2.75 bits per heavy atom. The van der Waals surface area contributed by atoms with Gasteiger partial charge in [-0.25, -0.2) is 0 Å². The van der Waals surface area contributed by atoms with Crippen LogP contribution in [0.25, 0.3) is 0 Å². The lowest BCUT2D eigenvalue weighted by Gasteiger charge is -2.31. The van der Waals surface area contributed by atoms with Crippen molar-refractivity contribution in [2.24, 2.45) is 0 Å². The third-order valence-electron chi connectivity index (χ3n) is 3.27. The van der Waals surface area contributed by atoms with Crippen LogP contribution in [0.4, 0.5) is 0 Å². The number of methoxy groups -OCH3 is 1. The first-order valence-corrected chi connectivity index (χ1v) is 5.50. The fourth-order valence-electron chi connectivity index (χ4n) is 1.83. The van der Waals surface area contributed by atoms with Gasteiger partial charge in [-0.15, -0.1) is 0 Å². The second kappa shape index (κ2) is 5.12. The molecule has 0 aromatic rings. The Kier molecular flexibility index (Phi) is 4.29. The van der Waals surface area contributed by atoms with Gasteiger partial charge in [0.05, 0.1) is 25.9 Å². The minimum Gasteiger partial charge on any atom is -0.469 e. The Labute approximate surface area is 96.3 Å². The maximum atomic E-state index is 11.0. The van der Waals surface area contributed by atoms with E-state index in [1.807, 2.05) is 25.8 Å². The molecule has 0 saturated carbocycles. The monoisotopic (exact) mass is 231 g/mol. The zero-order valence-corrected chi connectivity index (χ0v) is 10.4. The summed E-state index contributed by atoms with van der Waals surface area (Å²) in [4.78, 5) is 13.0. The van der Waals surface area contributed by atoms with Crippen molar-refractivity contribution in [2.45, 2.75) is 44.6 Å². The number of likely N-dealkylation sites (N-methyl/N-ethyl adjacent to an activating group) is 1. The SMILES string of the molecule is COC(=O)CCC(O)C1COC(C)(C)N1C. The first-order chi connectivity index (χ1) is 7.38. The zero-order chi connectivity index (χ0) is 12.3. The van der Waals surface area contributed by atoms with Gasteiger partial charge in [-0.3, -0.25) is 9.69 Å². The standard InChI is InChI=1S/C11H21NO4/c1-11(2)12(3)8(7-16-11)9(13)5-6-10(14)15-4/h8-9,13H,5-7H2,1-4H3. The molecular weight excluding hydrogens is 210 g/mol. The molecule has 1 N–H and O–H groups in total. The molecule has 0 aromatic heterocycles. The number of carbonyl (C=O) groups is 1. The van der Waals surface area contributed by atoms with E-state index in [0.717, 1.165) is 0 Å². The zero-order valence-electron chi connectivity index (χ0n) is 10.4. The average Bonchev–Trinajstić information content (AvgIpc) is 2.50. The summed E-state index contributed by atoms with van der Waals surface area (Å²) in [5.74, 6) is -0.292. The molecule has 1 heterocycles. The molecule has 94 valence electrons. The first-order valence-electron chi connectivity index (χ1n) is 5.50. The number of rotatable bonds is 4. The lowest BCUT2D eigenvalue weighted by atomic mass is 10.1. The van der Waals surface area contributed by atoms with Gasteiger partial charge in [0, 0.05) is 6.42 Å². The van der Waals surface area contributed by atoms with Gasteiger partial charge in [-0.1, -0.05) is 0 Å². The molecule has 0 aromatic carbocycles. The first kappa shape index (κ1) is 13.4. The van der Waals surface area contributed by atoms with Gasteiger partial charge in [-0.05, 0) is 27.3 Å². The number of aliphatic hydroxyl groups excluding tert-OH is 1. The second-order valence-corrected chi connectivity index (χ2v) is 4.62. The lowest BCUT2D eigenvalue weighted by molar-refractivity contribution is -0.141. The van der Waals surface area contributed by atoms with Gasteiger partial charge >= 0.3 is 5.97 Å². The summed E-state index contributed by atoms with van der Waals surface area (Å²) in [5.41, 5.74) is -0.350. The van der Waals surface area contributed by atoms with Crippen LogP contribution >= 0.6 is 0 Å². The summed E-state index contributed by atoms with van der Waals surface area (Å²) in [6.45, 7) is 4.41. The van der Waals surface area contributed by atoms with Gasteiger partial charge in [0.15, 0.2) is 0 Å². The molecule has 5 heteroatoms. The number of aliphatic hydroxyl groups is 1. The highest BCUT2D eigenvalue weighted by molar-refractivity contribution is 5.69. The van der Waals surface area contributed by atoms with E-state index in [9.17, 15) is 9.90 Å². The molecule has 1 aliphatic rings. The van der Waals surface area contributed by atoms with Crippen LogP contribution in [0.2, 0.25) is 0 Å². The van der Waals surface area contributed by atoms with Crippen molar-refractivity contribution in [1.82, 2.24) is 4.90 Å². The highest BCUT2D eigenvalue weighted by atomic mass is 16.5. The minimum atomic E-state index is -0.564. The molecule has 0 bridgehead atoms. The predicted molar refractivity (Wildman–Crippen MR) is 58.8 cm³/mol. The van der Waals surface area contributed by atoms with E-state index in [-0.39, 0.29) is 24.2 Å². The molecule has 0 spiro atoms. The van der Waals surface area contributed by atoms with Crippen LogP contribution in [0.3, 0.4) is 0 Å². The number of ether oxygens (including phenoxy) is 2. The molecule has 16 heavy (non-hydrogen) atoms. The number of esters is 1. The smallest absolute Gasteiger partial charge is 0.305 e. The van der Waals surface area contributed by atoms with Gasteiger partial charge in [0.1, 0.15) is 5.72 Å². The molecule has 2 unspecified atom stereocenters. The Morgan fingerprint density at radius 2 is 2.31 bits per heavy atom. The van der Waals surface area contributed by atoms with E-state index in [0.29, 0.717) is 13.0 Å². The van der Waals surface area contributed by atoms with Gasteiger partial charge in [-0.2, -0.15) is 0 Å². The van der Waals surface area contributed by atoms with E-state index in [4.69, 9.17) is 4.74 Å². The molecule has 1 fully saturated rings. The molecule has 5 nitrogen and oxygen atoms in total. The maximum absolute atomic E-state index is 11.0. The van der Waals surface area contributed by atoms with Crippen molar-refractivity contribution in [3.8, 4) is 0 Å². The summed E-state index contributed by atoms with van der Waals surface area (Å²) >= 11 is 0. The number of nitrogens with zero attached hydrogens (tertiary/aromatic N) is 1. The number of hydrogen-bond acceptors (Lipinski definition) is 5. The molecule has 1 aliphatic heterocycles. The highest BCUT2D eigenvalue weighted by Gasteiger charge is 2.40. The van der Waals surface area contributed by atoms with Crippen molar-refractivity contribution in [1.29, 1.82) is 0 Å². The van der Waals surface area contributed by atoms with E-state index >= 15 is 0 Å². The summed E-state index contributed by atoms with van der Waals surface area (Å²) in [6, 6.07) is -0.0559. The highest BCUT2D eigenvalue weighted by Crippen LogP contribution is 2.27. The Morgan fingerprint density at radius 1 is 1.69 bits per heavy atom. The summed E-state index contributed by atoms with van der Waals surface area (Å²) in [6.07, 6.45) is 0.0784. The Bertz CT molecular complexity index is 254. The fourth-order valence-corrected chi connectivity index (χ4v) is 1.83. The van der Waals surface area contributed by atoms with E-state index in [1.54, 1.807) is 0 Å². The second-order valence-electron chi connectivity index (χ2n) is 4.62. The van der Waals surface area contributed by atoms with E-state index in [2.05, 4.69) is 4.74 Å². The molecular formula is C11H21NO4. The van der Waals surface area contributed by atoms with Crippen LogP contribution in [0.15, 0.2) is 0 Å². The van der Waals surface area contributed by atoms with Gasteiger partial charge < -0.3 is 14.6 Å². The Hall–Kier alpha value is -0.650. The van der Waals surface area contributed by atoms with Crippen LogP contribution < -0.4 is 0 Å². The van der Waals surface area contributed by atoms with Crippen LogP contribution in [-0.2, 0) is 14.3 Å². The Balaban J connectivity index is 2.44. The maximum Gasteiger partial charge on any atom is 0.305 e. The van der Waals surface area contributed by atoms with Crippen molar-refractivity contribution >= 4 is 5.97 Å². The quantitative estimate of drug-likeness (QED) is 0.708. The predicted octanol–water partition coefficient (Wildman–Crippen LogP) is 0.367. The molecule has 0 amide bonds. The average molecular weight is 231 g/mol. The van der Waals surface area contributed by atoms with Crippen LogP contribution in [0.1, 0.15) is 26.7 Å². The van der Waals surface area contributed by atoms with Crippen LogP contribution in [0.5, 0.6) is 0 Å². The molecule has 1 saturated heterocycles. The van der Waals surface area contributed by atoms with Gasteiger partial charge in [0.25, 0.3) is 0 Å². The molecule has 0 aliphatic carbocycles. The summed E-state index contributed by atoms with van der Waals surface area (Å²) < 4.78 is 10.1.